The van der Waals surface area contributed by atoms with E-state index < -0.39 is 0 Å². The number of amides is 1. The minimum absolute atomic E-state index is 0.248. The predicted molar refractivity (Wildman–Crippen MR) is 48.7 cm³/mol. The van der Waals surface area contributed by atoms with Crippen molar-refractivity contribution in [2.45, 2.75) is 32.4 Å². The first-order valence-corrected chi connectivity index (χ1v) is 4.59. The maximum Gasteiger partial charge on any atom is 0.223 e. The fraction of sp³-hybridized carbons (Fsp3) is 0.889. The van der Waals surface area contributed by atoms with Gasteiger partial charge in [-0.05, 0) is 33.9 Å². The number of hydrogen-bond acceptors (Lipinski definition) is 2. The van der Waals surface area contributed by atoms with Gasteiger partial charge >= 0.3 is 0 Å². The van der Waals surface area contributed by atoms with Crippen LogP contribution in [0.25, 0.3) is 0 Å². The van der Waals surface area contributed by atoms with E-state index in [1.807, 2.05) is 19.0 Å². The van der Waals surface area contributed by atoms with E-state index in [2.05, 4.69) is 11.8 Å². The Morgan fingerprint density at radius 3 is 2.58 bits per heavy atom. The molecular weight excluding hydrogens is 152 g/mol. The summed E-state index contributed by atoms with van der Waals surface area (Å²) in [6.45, 7) is 3.00. The third kappa shape index (κ3) is 1.97. The molecule has 1 amide bonds. The molecule has 12 heavy (non-hydrogen) atoms. The van der Waals surface area contributed by atoms with Gasteiger partial charge in [-0.1, -0.05) is 0 Å². The van der Waals surface area contributed by atoms with Crippen molar-refractivity contribution >= 4 is 5.91 Å². The van der Waals surface area contributed by atoms with Gasteiger partial charge in [0.05, 0.1) is 6.17 Å². The van der Waals surface area contributed by atoms with Crippen LogP contribution in [0.1, 0.15) is 26.2 Å². The average Bonchev–Trinajstić information content (AvgIpc) is 2.04. The van der Waals surface area contributed by atoms with E-state index >= 15 is 0 Å². The zero-order valence-corrected chi connectivity index (χ0v) is 8.21. The summed E-state index contributed by atoms with van der Waals surface area (Å²) in [7, 11) is 4.01. The highest BCUT2D eigenvalue weighted by molar-refractivity contribution is 5.77. The normalized spacial score (nSPS) is 21.7. The van der Waals surface area contributed by atoms with Crippen LogP contribution >= 0.6 is 0 Å². The summed E-state index contributed by atoms with van der Waals surface area (Å²) in [6, 6.07) is 0. The molecule has 0 aromatic heterocycles. The molecule has 0 bridgehead atoms. The Balaban J connectivity index is 2.53. The Labute approximate surface area is 74.3 Å². The third-order valence-corrected chi connectivity index (χ3v) is 2.56. The lowest BCUT2D eigenvalue weighted by Gasteiger charge is -2.36. The molecule has 1 fully saturated rings. The lowest BCUT2D eigenvalue weighted by molar-refractivity contribution is -0.138. The third-order valence-electron chi connectivity index (χ3n) is 2.56. The lowest BCUT2D eigenvalue weighted by Crippen LogP contribution is -2.48. The van der Waals surface area contributed by atoms with Crippen molar-refractivity contribution in [2.24, 2.45) is 0 Å². The molecule has 0 spiro atoms. The molecule has 1 heterocycles. The predicted octanol–water partition coefficient (Wildman–Crippen LogP) is 0.906. The van der Waals surface area contributed by atoms with Gasteiger partial charge in [-0.15, -0.1) is 0 Å². The molecule has 0 N–H and O–H groups in total. The molecule has 0 aromatic rings. The second-order valence-corrected chi connectivity index (χ2v) is 3.64. The summed E-state index contributed by atoms with van der Waals surface area (Å²) in [5, 5.41) is 0. The Hall–Kier alpha value is -0.570. The van der Waals surface area contributed by atoms with Gasteiger partial charge in [-0.2, -0.15) is 0 Å². The SMILES string of the molecule is CC(N(C)C)N1CCCCC1=O. The van der Waals surface area contributed by atoms with Gasteiger partial charge in [-0.3, -0.25) is 9.69 Å². The molecule has 1 atom stereocenters. The molecular formula is C9H18N2O. The first-order valence-electron chi connectivity index (χ1n) is 4.59. The van der Waals surface area contributed by atoms with Crippen molar-refractivity contribution in [3.8, 4) is 0 Å². The van der Waals surface area contributed by atoms with E-state index in [-0.39, 0.29) is 6.17 Å². The minimum Gasteiger partial charge on any atom is -0.327 e. The molecule has 3 nitrogen and oxygen atoms in total. The van der Waals surface area contributed by atoms with Crippen molar-refractivity contribution in [2.75, 3.05) is 20.6 Å². The Kier molecular flexibility index (Phi) is 3.09. The molecule has 0 saturated carbocycles. The molecule has 1 aliphatic heterocycles. The second kappa shape index (κ2) is 3.90. The highest BCUT2D eigenvalue weighted by Gasteiger charge is 2.23. The van der Waals surface area contributed by atoms with Crippen LogP contribution in [0.3, 0.4) is 0 Å². The molecule has 1 rings (SSSR count). The number of hydrogen-bond donors (Lipinski definition) is 0. The van der Waals surface area contributed by atoms with E-state index in [0.717, 1.165) is 25.8 Å². The lowest BCUT2D eigenvalue weighted by atomic mass is 10.1. The summed E-state index contributed by atoms with van der Waals surface area (Å²) in [6.07, 6.45) is 3.20. The Bertz CT molecular complexity index is 168. The van der Waals surface area contributed by atoms with Gasteiger partial charge < -0.3 is 4.90 Å². The largest absolute Gasteiger partial charge is 0.327 e. The number of carbonyl (C=O) groups is 1. The molecule has 1 saturated heterocycles. The number of likely N-dealkylation sites (tertiary alicyclic amines) is 1. The first kappa shape index (κ1) is 9.52. The number of piperidine rings is 1. The zero-order valence-electron chi connectivity index (χ0n) is 8.21. The van der Waals surface area contributed by atoms with Crippen LogP contribution < -0.4 is 0 Å². The van der Waals surface area contributed by atoms with Gasteiger partial charge in [0.2, 0.25) is 5.91 Å². The van der Waals surface area contributed by atoms with Crippen LogP contribution in [0.4, 0.5) is 0 Å². The summed E-state index contributed by atoms with van der Waals surface area (Å²) in [4.78, 5) is 15.5. The van der Waals surface area contributed by atoms with Crippen LogP contribution in [0, 0.1) is 0 Å². The highest BCUT2D eigenvalue weighted by Crippen LogP contribution is 2.14. The molecule has 0 radical (unpaired) electrons. The van der Waals surface area contributed by atoms with Gasteiger partial charge in [0.15, 0.2) is 0 Å². The number of carbonyl (C=O) groups excluding carboxylic acids is 1. The quantitative estimate of drug-likeness (QED) is 0.615. The Morgan fingerprint density at radius 1 is 1.42 bits per heavy atom. The average molecular weight is 170 g/mol. The second-order valence-electron chi connectivity index (χ2n) is 3.64. The molecule has 70 valence electrons. The smallest absolute Gasteiger partial charge is 0.223 e. The van der Waals surface area contributed by atoms with Crippen LogP contribution in [-0.2, 0) is 4.79 Å². The topological polar surface area (TPSA) is 23.6 Å². The van der Waals surface area contributed by atoms with Crippen molar-refractivity contribution in [1.82, 2.24) is 9.80 Å². The minimum atomic E-state index is 0.248. The Morgan fingerprint density at radius 2 is 2.08 bits per heavy atom. The van der Waals surface area contributed by atoms with E-state index in [1.54, 1.807) is 0 Å². The van der Waals surface area contributed by atoms with E-state index in [1.165, 1.54) is 0 Å². The monoisotopic (exact) mass is 170 g/mol. The summed E-state index contributed by atoms with van der Waals surface area (Å²) < 4.78 is 0. The van der Waals surface area contributed by atoms with E-state index in [9.17, 15) is 4.79 Å². The summed E-state index contributed by atoms with van der Waals surface area (Å²) >= 11 is 0. The fourth-order valence-corrected chi connectivity index (χ4v) is 1.50. The first-order chi connectivity index (χ1) is 5.63. The van der Waals surface area contributed by atoms with E-state index in [4.69, 9.17) is 0 Å². The number of rotatable bonds is 2. The van der Waals surface area contributed by atoms with Gasteiger partial charge in [0.1, 0.15) is 0 Å². The molecule has 1 aliphatic rings. The molecule has 3 heteroatoms. The van der Waals surface area contributed by atoms with Crippen molar-refractivity contribution in [3.63, 3.8) is 0 Å². The van der Waals surface area contributed by atoms with E-state index in [0.29, 0.717) is 5.91 Å². The zero-order chi connectivity index (χ0) is 9.14. The van der Waals surface area contributed by atoms with Gasteiger partial charge in [0, 0.05) is 13.0 Å². The van der Waals surface area contributed by atoms with Crippen molar-refractivity contribution in [1.29, 1.82) is 0 Å². The van der Waals surface area contributed by atoms with Crippen LogP contribution in [0.15, 0.2) is 0 Å². The maximum absolute atomic E-state index is 11.4. The van der Waals surface area contributed by atoms with Crippen molar-refractivity contribution < 1.29 is 4.79 Å². The van der Waals surface area contributed by atoms with Crippen molar-refractivity contribution in [3.05, 3.63) is 0 Å². The van der Waals surface area contributed by atoms with Gasteiger partial charge in [0.25, 0.3) is 0 Å². The molecule has 1 unspecified atom stereocenters. The standard InChI is InChI=1S/C9H18N2O/c1-8(10(2)3)11-7-5-4-6-9(11)12/h8H,4-7H2,1-3H3. The summed E-state index contributed by atoms with van der Waals surface area (Å²) in [5.74, 6) is 0.308. The number of nitrogens with zero attached hydrogens (tertiary/aromatic N) is 2. The van der Waals surface area contributed by atoms with Crippen LogP contribution in [-0.4, -0.2) is 42.5 Å². The summed E-state index contributed by atoms with van der Waals surface area (Å²) in [5.41, 5.74) is 0. The molecule has 0 aliphatic carbocycles. The van der Waals surface area contributed by atoms with Crippen LogP contribution in [0.2, 0.25) is 0 Å². The fourth-order valence-electron chi connectivity index (χ4n) is 1.50. The highest BCUT2D eigenvalue weighted by atomic mass is 16.2. The van der Waals surface area contributed by atoms with Crippen LogP contribution in [0.5, 0.6) is 0 Å². The van der Waals surface area contributed by atoms with Gasteiger partial charge in [-0.25, -0.2) is 0 Å². The molecule has 0 aromatic carbocycles. The maximum atomic E-state index is 11.4.